The van der Waals surface area contributed by atoms with E-state index in [4.69, 9.17) is 0 Å². The molecule has 0 aromatic heterocycles. The van der Waals surface area contributed by atoms with Gasteiger partial charge in [0, 0.05) is 0 Å². The molecule has 2 fully saturated rings. The first kappa shape index (κ1) is 14.5. The van der Waals surface area contributed by atoms with E-state index >= 15 is 0 Å². The second-order valence-corrected chi connectivity index (χ2v) is 8.51. The van der Waals surface area contributed by atoms with Gasteiger partial charge in [-0.15, -0.1) is 0 Å². The molecule has 0 bridgehead atoms. The first-order valence-electron chi connectivity index (χ1n) is 6.95. The van der Waals surface area contributed by atoms with Crippen LogP contribution in [0.25, 0.3) is 0 Å². The molecule has 0 amide bonds. The fraction of sp³-hybridized carbons (Fsp3) is 0.533. The van der Waals surface area contributed by atoms with Gasteiger partial charge in [0.2, 0.25) is 0 Å². The van der Waals surface area contributed by atoms with Crippen molar-refractivity contribution < 1.29 is 17.2 Å². The highest BCUT2D eigenvalue weighted by atomic mass is 32.2. The van der Waals surface area contributed by atoms with Crippen molar-refractivity contribution in [2.75, 3.05) is 0 Å². The van der Waals surface area contributed by atoms with Crippen molar-refractivity contribution in [2.45, 2.75) is 48.2 Å². The van der Waals surface area contributed by atoms with Gasteiger partial charge < -0.3 is 0 Å². The molecule has 3 nitrogen and oxygen atoms in total. The zero-order valence-corrected chi connectivity index (χ0v) is 12.2. The van der Waals surface area contributed by atoms with Gasteiger partial charge in [0.1, 0.15) is 0 Å². The molecule has 3 rings (SSSR count). The van der Waals surface area contributed by atoms with E-state index in [0.717, 1.165) is 37.8 Å². The van der Waals surface area contributed by atoms with Gasteiger partial charge in [-0.2, -0.15) is 5.26 Å². The fourth-order valence-electron chi connectivity index (χ4n) is 3.84. The summed E-state index contributed by atoms with van der Waals surface area (Å²) in [4.78, 5) is -0.309. The molecule has 112 valence electrons. The Morgan fingerprint density at radius 1 is 1.10 bits per heavy atom. The van der Waals surface area contributed by atoms with Crippen molar-refractivity contribution in [3.05, 3.63) is 29.8 Å². The van der Waals surface area contributed by atoms with Gasteiger partial charge in [0.05, 0.1) is 11.0 Å². The Morgan fingerprint density at radius 2 is 1.71 bits per heavy atom. The van der Waals surface area contributed by atoms with E-state index in [1.165, 1.54) is 0 Å². The van der Waals surface area contributed by atoms with Crippen LogP contribution < -0.4 is 0 Å². The Hall–Kier alpha value is -1.48. The highest BCUT2D eigenvalue weighted by molar-refractivity contribution is 7.93. The third-order valence-corrected chi connectivity index (χ3v) is 7.19. The van der Waals surface area contributed by atoms with Crippen LogP contribution in [-0.4, -0.2) is 13.2 Å². The van der Waals surface area contributed by atoms with Crippen LogP contribution in [0.15, 0.2) is 23.1 Å². The van der Waals surface area contributed by atoms with Gasteiger partial charge in [-0.3, -0.25) is 0 Å². The van der Waals surface area contributed by atoms with Crippen molar-refractivity contribution in [3.63, 3.8) is 0 Å². The predicted octanol–water partition coefficient (Wildman–Crippen LogP) is 3.36. The molecule has 0 unspecified atom stereocenters. The standard InChI is InChI=1S/C15H15F2NO2S/c16-12-4-3-11(7-13(12)17)21(19,20)15(10-18)8-14(9-15)5-1-2-6-14/h3-4,7H,1-2,5-6,8-9H2. The summed E-state index contributed by atoms with van der Waals surface area (Å²) in [5, 5.41) is 9.40. The average molecular weight is 311 g/mol. The monoisotopic (exact) mass is 311 g/mol. The highest BCUT2D eigenvalue weighted by Gasteiger charge is 2.62. The summed E-state index contributed by atoms with van der Waals surface area (Å²) in [5.74, 6) is -2.31. The van der Waals surface area contributed by atoms with E-state index in [0.29, 0.717) is 18.9 Å². The molecule has 2 aliphatic rings. The summed E-state index contributed by atoms with van der Waals surface area (Å²) in [5.41, 5.74) is -0.0403. The van der Waals surface area contributed by atoms with Crippen molar-refractivity contribution in [2.24, 2.45) is 5.41 Å². The molecule has 2 aliphatic carbocycles. The number of hydrogen-bond acceptors (Lipinski definition) is 3. The molecule has 0 N–H and O–H groups in total. The first-order chi connectivity index (χ1) is 9.84. The normalized spacial score (nSPS) is 22.7. The minimum Gasteiger partial charge on any atom is -0.222 e. The Kier molecular flexibility index (Phi) is 3.10. The summed E-state index contributed by atoms with van der Waals surface area (Å²) < 4.78 is 50.1. The Labute approximate surface area is 122 Å². The van der Waals surface area contributed by atoms with Crippen LogP contribution >= 0.6 is 0 Å². The summed E-state index contributed by atoms with van der Waals surface area (Å²) in [7, 11) is -3.98. The van der Waals surface area contributed by atoms with Crippen LogP contribution in [0.1, 0.15) is 38.5 Å². The maximum absolute atomic E-state index is 13.3. The number of sulfone groups is 1. The minimum absolute atomic E-state index is 0.0403. The van der Waals surface area contributed by atoms with Crippen LogP contribution in [0.3, 0.4) is 0 Å². The van der Waals surface area contributed by atoms with E-state index in [2.05, 4.69) is 0 Å². The molecular formula is C15H15F2NO2S. The maximum Gasteiger partial charge on any atom is 0.197 e. The topological polar surface area (TPSA) is 57.9 Å². The van der Waals surface area contributed by atoms with Gasteiger partial charge in [-0.05, 0) is 49.3 Å². The summed E-state index contributed by atoms with van der Waals surface area (Å²) in [6, 6.07) is 4.43. The van der Waals surface area contributed by atoms with Crippen LogP contribution in [-0.2, 0) is 9.84 Å². The highest BCUT2D eigenvalue weighted by Crippen LogP contribution is 2.61. The molecular weight excluding hydrogens is 296 g/mol. The number of hydrogen-bond donors (Lipinski definition) is 0. The zero-order chi connectivity index (χ0) is 15.3. The molecule has 0 saturated heterocycles. The molecule has 6 heteroatoms. The van der Waals surface area contributed by atoms with Crippen LogP contribution in [0.4, 0.5) is 8.78 Å². The lowest BCUT2D eigenvalue weighted by Crippen LogP contribution is -2.54. The van der Waals surface area contributed by atoms with Gasteiger partial charge in [-0.25, -0.2) is 17.2 Å². The summed E-state index contributed by atoms with van der Waals surface area (Å²) in [6.07, 6.45) is 4.63. The SMILES string of the molecule is N#CC1(S(=O)(=O)c2ccc(F)c(F)c2)CC2(CCCC2)C1. The molecule has 0 radical (unpaired) electrons. The molecule has 1 aromatic rings. The quantitative estimate of drug-likeness (QED) is 0.787. The largest absolute Gasteiger partial charge is 0.222 e. The smallest absolute Gasteiger partial charge is 0.197 e. The Bertz CT molecular complexity index is 723. The van der Waals surface area contributed by atoms with Crippen molar-refractivity contribution in [3.8, 4) is 6.07 Å². The second-order valence-electron chi connectivity index (χ2n) is 6.25. The number of nitrogens with zero attached hydrogens (tertiary/aromatic N) is 1. The Morgan fingerprint density at radius 3 is 2.24 bits per heavy atom. The average Bonchev–Trinajstić information content (AvgIpc) is 2.88. The predicted molar refractivity (Wildman–Crippen MR) is 72.0 cm³/mol. The van der Waals surface area contributed by atoms with Gasteiger partial charge >= 0.3 is 0 Å². The lowest BCUT2D eigenvalue weighted by molar-refractivity contribution is 0.113. The number of benzene rings is 1. The lowest BCUT2D eigenvalue weighted by Gasteiger charge is -2.50. The molecule has 1 spiro atoms. The van der Waals surface area contributed by atoms with Gasteiger partial charge in [0.25, 0.3) is 0 Å². The van der Waals surface area contributed by atoms with Gasteiger partial charge in [-0.1, -0.05) is 12.8 Å². The van der Waals surface area contributed by atoms with E-state index in [1.807, 2.05) is 6.07 Å². The van der Waals surface area contributed by atoms with Crippen molar-refractivity contribution >= 4 is 9.84 Å². The molecule has 21 heavy (non-hydrogen) atoms. The van der Waals surface area contributed by atoms with Crippen molar-refractivity contribution in [1.82, 2.24) is 0 Å². The van der Waals surface area contributed by atoms with Crippen molar-refractivity contribution in [1.29, 1.82) is 5.26 Å². The second kappa shape index (κ2) is 4.51. The maximum atomic E-state index is 13.3. The van der Waals surface area contributed by atoms with Crippen LogP contribution in [0.2, 0.25) is 0 Å². The lowest BCUT2D eigenvalue weighted by atomic mass is 9.61. The van der Waals surface area contributed by atoms with E-state index < -0.39 is 26.2 Å². The van der Waals surface area contributed by atoms with E-state index in [1.54, 1.807) is 0 Å². The third kappa shape index (κ3) is 1.98. The Balaban J connectivity index is 1.97. The number of halogens is 2. The van der Waals surface area contributed by atoms with E-state index in [-0.39, 0.29) is 10.3 Å². The zero-order valence-electron chi connectivity index (χ0n) is 11.4. The van der Waals surface area contributed by atoms with Crippen LogP contribution in [0.5, 0.6) is 0 Å². The fourth-order valence-corrected chi connectivity index (χ4v) is 5.91. The summed E-state index contributed by atoms with van der Waals surface area (Å²) in [6.45, 7) is 0. The molecule has 0 heterocycles. The summed E-state index contributed by atoms with van der Waals surface area (Å²) >= 11 is 0. The minimum atomic E-state index is -3.98. The first-order valence-corrected chi connectivity index (χ1v) is 8.44. The third-order valence-electron chi connectivity index (χ3n) is 4.90. The molecule has 0 atom stereocenters. The number of nitriles is 1. The van der Waals surface area contributed by atoms with E-state index in [9.17, 15) is 22.5 Å². The molecule has 1 aromatic carbocycles. The van der Waals surface area contributed by atoms with Crippen LogP contribution in [0, 0.1) is 28.4 Å². The molecule has 0 aliphatic heterocycles. The number of rotatable bonds is 2. The van der Waals surface area contributed by atoms with Gasteiger partial charge in [0.15, 0.2) is 26.2 Å². The molecule has 2 saturated carbocycles.